The lowest BCUT2D eigenvalue weighted by molar-refractivity contribution is -0.870. The molecule has 8 nitrogen and oxygen atoms in total. The predicted molar refractivity (Wildman–Crippen MR) is 359 cm³/mol. The molecule has 1 amide bonds. The normalized spacial score (nSPS) is 14.4. The summed E-state index contributed by atoms with van der Waals surface area (Å²) in [6.45, 7) is 4.69. The van der Waals surface area contributed by atoms with Crippen molar-refractivity contribution in [1.82, 2.24) is 5.32 Å². The molecule has 0 aromatic heterocycles. The number of aliphatic hydroxyl groups is 1. The van der Waals surface area contributed by atoms with Crippen LogP contribution in [0.3, 0.4) is 0 Å². The first-order valence-electron chi connectivity index (χ1n) is 34.3. The smallest absolute Gasteiger partial charge is 0.387 e. The zero-order chi connectivity index (χ0) is 59.8. The summed E-state index contributed by atoms with van der Waals surface area (Å²) in [5.41, 5.74) is 0. The highest BCUT2D eigenvalue weighted by atomic mass is 31.2. The standard InChI is InChI=1S/C73H131N2O6P/c1-6-8-10-12-14-16-18-20-22-24-26-28-30-32-34-36-37-39-41-43-45-47-49-51-53-55-57-59-61-63-65-67-73(77)74-71(70-81-82(78,79)80-69-68-75(3,4)5)72(76)66-64-62-60-58-56-54-52-50-48-46-44-42-40-38-35-33-31-29-27-25-23-21-19-17-15-13-11-9-7-2/h8,10,14,16,20,22,26,28,32,34,37,39,48,50,56,58,64,66,71-72,76H,6-7,9,11-13,15,17-19,21,23-25,27,29-31,33,35-36,38,40-47,49,51-55,57,59-63,65,67-70H2,1-5H3,(H-,74,77,78,79)/p+1/b10-8-,16-14-,22-20-,28-26-,34-32-,39-37-,50-48+,58-56+,66-64+. The molecule has 82 heavy (non-hydrogen) atoms. The first-order chi connectivity index (χ1) is 40.0. The quantitative estimate of drug-likeness (QED) is 0.0243. The van der Waals surface area contributed by atoms with Gasteiger partial charge in [0.1, 0.15) is 13.2 Å². The third kappa shape index (κ3) is 64.7. The van der Waals surface area contributed by atoms with Crippen LogP contribution in [-0.2, 0) is 18.4 Å². The van der Waals surface area contributed by atoms with Crippen LogP contribution < -0.4 is 5.32 Å². The molecule has 0 fully saturated rings. The number of rotatable bonds is 62. The van der Waals surface area contributed by atoms with E-state index in [1.54, 1.807) is 6.08 Å². The van der Waals surface area contributed by atoms with Gasteiger partial charge >= 0.3 is 7.82 Å². The molecule has 3 atom stereocenters. The summed E-state index contributed by atoms with van der Waals surface area (Å²) in [6, 6.07) is -0.880. The number of carbonyl (C=O) groups excluding carboxylic acids is 1. The molecule has 474 valence electrons. The number of phosphoric acid groups is 1. The van der Waals surface area contributed by atoms with Gasteiger partial charge in [0.25, 0.3) is 0 Å². The number of phosphoric ester groups is 1. The van der Waals surface area contributed by atoms with Crippen LogP contribution in [0.1, 0.15) is 296 Å². The number of likely N-dealkylation sites (N-methyl/N-ethyl adjacent to an activating group) is 1. The minimum absolute atomic E-state index is 0.0487. The second-order valence-electron chi connectivity index (χ2n) is 24.2. The van der Waals surface area contributed by atoms with E-state index in [4.69, 9.17) is 9.05 Å². The van der Waals surface area contributed by atoms with Crippen LogP contribution in [0.4, 0.5) is 0 Å². The van der Waals surface area contributed by atoms with E-state index in [0.29, 0.717) is 17.4 Å². The van der Waals surface area contributed by atoms with Crippen molar-refractivity contribution in [3.63, 3.8) is 0 Å². The number of nitrogens with zero attached hydrogens (tertiary/aromatic N) is 1. The largest absolute Gasteiger partial charge is 0.472 e. The van der Waals surface area contributed by atoms with Gasteiger partial charge in [-0.3, -0.25) is 13.8 Å². The van der Waals surface area contributed by atoms with Crippen molar-refractivity contribution < 1.29 is 32.9 Å². The van der Waals surface area contributed by atoms with E-state index < -0.39 is 20.0 Å². The average Bonchev–Trinajstić information content (AvgIpc) is 3.47. The summed E-state index contributed by atoms with van der Waals surface area (Å²) >= 11 is 0. The van der Waals surface area contributed by atoms with Crippen molar-refractivity contribution in [2.75, 3.05) is 40.9 Å². The highest BCUT2D eigenvalue weighted by Gasteiger charge is 2.28. The summed E-state index contributed by atoms with van der Waals surface area (Å²) in [5, 5.41) is 14.0. The molecule has 0 aliphatic carbocycles. The van der Waals surface area contributed by atoms with Gasteiger partial charge < -0.3 is 19.8 Å². The van der Waals surface area contributed by atoms with Gasteiger partial charge in [-0.1, -0.05) is 303 Å². The fourth-order valence-corrected chi connectivity index (χ4v) is 10.4. The fourth-order valence-electron chi connectivity index (χ4n) is 9.67. The summed E-state index contributed by atoms with van der Waals surface area (Å²) in [4.78, 5) is 23.4. The summed E-state index contributed by atoms with van der Waals surface area (Å²) < 4.78 is 23.8. The Morgan fingerprint density at radius 1 is 0.427 bits per heavy atom. The van der Waals surface area contributed by atoms with Gasteiger partial charge in [-0.05, 0) is 96.3 Å². The van der Waals surface area contributed by atoms with Crippen molar-refractivity contribution in [3.05, 3.63) is 109 Å². The number of carbonyl (C=O) groups is 1. The van der Waals surface area contributed by atoms with Crippen LogP contribution in [0.15, 0.2) is 109 Å². The monoisotopic (exact) mass is 1160 g/mol. The van der Waals surface area contributed by atoms with Crippen LogP contribution in [0, 0.1) is 0 Å². The van der Waals surface area contributed by atoms with Crippen LogP contribution in [0.5, 0.6) is 0 Å². The highest BCUT2D eigenvalue weighted by molar-refractivity contribution is 7.47. The molecule has 0 radical (unpaired) electrons. The first-order valence-corrected chi connectivity index (χ1v) is 35.8. The van der Waals surface area contributed by atoms with E-state index >= 15 is 0 Å². The third-order valence-electron chi connectivity index (χ3n) is 15.0. The second kappa shape index (κ2) is 62.7. The van der Waals surface area contributed by atoms with Gasteiger partial charge in [0, 0.05) is 6.42 Å². The van der Waals surface area contributed by atoms with Crippen LogP contribution in [0.2, 0.25) is 0 Å². The molecule has 3 unspecified atom stereocenters. The van der Waals surface area contributed by atoms with E-state index in [1.807, 2.05) is 27.2 Å². The summed E-state index contributed by atoms with van der Waals surface area (Å²) in [5.74, 6) is -0.195. The molecule has 0 saturated carbocycles. The Morgan fingerprint density at radius 3 is 1.12 bits per heavy atom. The number of aliphatic hydroxyl groups excluding tert-OH is 1. The zero-order valence-electron chi connectivity index (χ0n) is 54.2. The van der Waals surface area contributed by atoms with E-state index in [0.717, 1.165) is 83.5 Å². The van der Waals surface area contributed by atoms with Gasteiger partial charge in [-0.15, -0.1) is 0 Å². The maximum absolute atomic E-state index is 13.0. The SMILES string of the molecule is CC/C=C\C/C=C\C/C=C\C/C=C\C/C=C\C/C=C\CCCCCCCCCCCCCCC(=O)NC(COP(=O)(O)OCC[N+](C)(C)C)C(O)/C=C/CC/C=C/CC/C=C/CCCCCCCCCCCCCCCCCCCCC. The number of nitrogens with one attached hydrogen (secondary N) is 1. The van der Waals surface area contributed by atoms with E-state index in [-0.39, 0.29) is 19.1 Å². The third-order valence-corrected chi connectivity index (χ3v) is 15.9. The lowest BCUT2D eigenvalue weighted by Crippen LogP contribution is -2.45. The average molecular weight is 1160 g/mol. The Balaban J connectivity index is 4.18. The molecular weight excluding hydrogens is 1030 g/mol. The number of unbranched alkanes of at least 4 members (excludes halogenated alkanes) is 33. The Morgan fingerprint density at radius 2 is 0.744 bits per heavy atom. The van der Waals surface area contributed by atoms with Gasteiger partial charge in [0.15, 0.2) is 0 Å². The van der Waals surface area contributed by atoms with Gasteiger partial charge in [-0.2, -0.15) is 0 Å². The Labute approximate surface area is 508 Å². The lowest BCUT2D eigenvalue weighted by Gasteiger charge is -2.25. The van der Waals surface area contributed by atoms with Crippen LogP contribution in [0.25, 0.3) is 0 Å². The van der Waals surface area contributed by atoms with Crippen molar-refractivity contribution in [3.8, 4) is 0 Å². The minimum atomic E-state index is -4.37. The Hall–Kier alpha value is -2.84. The van der Waals surface area contributed by atoms with Crippen molar-refractivity contribution >= 4 is 13.7 Å². The van der Waals surface area contributed by atoms with Crippen LogP contribution >= 0.6 is 7.82 Å². The molecule has 0 aromatic rings. The molecule has 9 heteroatoms. The Bertz CT molecular complexity index is 1700. The number of quaternary nitrogens is 1. The fraction of sp³-hybridized carbons (Fsp3) is 0.740. The minimum Gasteiger partial charge on any atom is -0.387 e. The second-order valence-corrected chi connectivity index (χ2v) is 25.6. The molecule has 0 aliphatic heterocycles. The zero-order valence-corrected chi connectivity index (χ0v) is 55.1. The molecule has 0 spiro atoms. The van der Waals surface area contributed by atoms with E-state index in [1.165, 1.54) is 193 Å². The topological polar surface area (TPSA) is 105 Å². The molecule has 0 saturated heterocycles. The summed E-state index contributed by atoms with van der Waals surface area (Å²) in [7, 11) is 1.54. The van der Waals surface area contributed by atoms with Gasteiger partial charge in [0.2, 0.25) is 5.91 Å². The molecule has 0 aliphatic rings. The molecule has 3 N–H and O–H groups in total. The molecule has 0 rings (SSSR count). The van der Waals surface area contributed by atoms with E-state index in [9.17, 15) is 19.4 Å². The molecule has 0 heterocycles. The highest BCUT2D eigenvalue weighted by Crippen LogP contribution is 2.43. The molecule has 0 bridgehead atoms. The first kappa shape index (κ1) is 79.2. The number of amides is 1. The molecular formula is C73H132N2O6P+. The Kier molecular flexibility index (Phi) is 60.5. The van der Waals surface area contributed by atoms with Crippen molar-refractivity contribution in [2.24, 2.45) is 0 Å². The van der Waals surface area contributed by atoms with Crippen LogP contribution in [-0.4, -0.2) is 73.4 Å². The lowest BCUT2D eigenvalue weighted by atomic mass is 10.0. The van der Waals surface area contributed by atoms with E-state index in [2.05, 4.69) is 116 Å². The maximum atomic E-state index is 13.0. The molecule has 0 aromatic carbocycles. The van der Waals surface area contributed by atoms with Gasteiger partial charge in [-0.25, -0.2) is 4.57 Å². The number of allylic oxidation sites excluding steroid dienone is 17. The van der Waals surface area contributed by atoms with Crippen molar-refractivity contribution in [1.29, 1.82) is 0 Å². The summed E-state index contributed by atoms with van der Waals surface area (Å²) in [6.07, 6.45) is 92.3. The van der Waals surface area contributed by atoms with Gasteiger partial charge in [0.05, 0.1) is 39.9 Å². The predicted octanol–water partition coefficient (Wildman–Crippen LogP) is 21.9. The number of hydrogen-bond acceptors (Lipinski definition) is 5. The maximum Gasteiger partial charge on any atom is 0.472 e. The van der Waals surface area contributed by atoms with Crippen molar-refractivity contribution in [2.45, 2.75) is 309 Å². The number of hydrogen-bond donors (Lipinski definition) is 3.